The molecule has 1 fully saturated rings. The van der Waals surface area contributed by atoms with Crippen molar-refractivity contribution in [3.8, 4) is 0 Å². The Morgan fingerprint density at radius 2 is 2.47 bits per heavy atom. The standard InChI is InChI=1S/C9H15N3OS.ClH/c13-9-4-11-2-7(9)1-10-3-8-5-14-6-12-8;/h5-7,9-11,13H,1-4H2;1H. The monoisotopic (exact) mass is 249 g/mol. The number of rotatable bonds is 4. The Labute approximate surface area is 99.5 Å². The fourth-order valence-corrected chi connectivity index (χ4v) is 2.20. The van der Waals surface area contributed by atoms with Gasteiger partial charge in [0.25, 0.3) is 0 Å². The summed E-state index contributed by atoms with van der Waals surface area (Å²) in [6.45, 7) is 3.28. The SMILES string of the molecule is Cl.OC1CNCC1CNCc1cscn1. The number of thiazole rings is 1. The van der Waals surface area contributed by atoms with Crippen LogP contribution in [0, 0.1) is 5.92 Å². The highest BCUT2D eigenvalue weighted by Gasteiger charge is 2.23. The van der Waals surface area contributed by atoms with Gasteiger partial charge in [-0.1, -0.05) is 0 Å². The van der Waals surface area contributed by atoms with Gasteiger partial charge in [-0.2, -0.15) is 0 Å². The molecule has 0 aliphatic carbocycles. The maximum Gasteiger partial charge on any atom is 0.0795 e. The van der Waals surface area contributed by atoms with E-state index in [0.717, 1.165) is 31.9 Å². The Balaban J connectivity index is 0.00000112. The molecule has 1 aliphatic rings. The molecule has 3 N–H and O–H groups in total. The van der Waals surface area contributed by atoms with Crippen molar-refractivity contribution in [1.82, 2.24) is 15.6 Å². The Bertz CT molecular complexity index is 270. The number of hydrogen-bond acceptors (Lipinski definition) is 5. The van der Waals surface area contributed by atoms with Crippen molar-refractivity contribution in [3.05, 3.63) is 16.6 Å². The molecule has 0 bridgehead atoms. The van der Waals surface area contributed by atoms with E-state index in [9.17, 15) is 5.11 Å². The molecule has 1 saturated heterocycles. The van der Waals surface area contributed by atoms with Crippen LogP contribution in [0.3, 0.4) is 0 Å². The van der Waals surface area contributed by atoms with E-state index in [1.165, 1.54) is 0 Å². The normalized spacial score (nSPS) is 25.1. The predicted molar refractivity (Wildman–Crippen MR) is 63.4 cm³/mol. The van der Waals surface area contributed by atoms with Crippen LogP contribution in [0.25, 0.3) is 0 Å². The first-order valence-corrected chi connectivity index (χ1v) is 5.77. The zero-order valence-electron chi connectivity index (χ0n) is 8.35. The van der Waals surface area contributed by atoms with Gasteiger partial charge in [0.15, 0.2) is 0 Å². The highest BCUT2D eigenvalue weighted by Crippen LogP contribution is 2.07. The summed E-state index contributed by atoms with van der Waals surface area (Å²) in [5, 5.41) is 18.0. The van der Waals surface area contributed by atoms with Gasteiger partial charge in [0.1, 0.15) is 0 Å². The first-order chi connectivity index (χ1) is 6.86. The van der Waals surface area contributed by atoms with Crippen molar-refractivity contribution in [2.75, 3.05) is 19.6 Å². The van der Waals surface area contributed by atoms with Crippen LogP contribution in [0.1, 0.15) is 5.69 Å². The summed E-state index contributed by atoms with van der Waals surface area (Å²) in [6, 6.07) is 0. The number of halogens is 1. The third-order valence-corrected chi connectivity index (χ3v) is 3.14. The number of aliphatic hydroxyl groups excluding tert-OH is 1. The number of aromatic nitrogens is 1. The topological polar surface area (TPSA) is 57.2 Å². The van der Waals surface area contributed by atoms with Crippen molar-refractivity contribution in [2.45, 2.75) is 12.6 Å². The maximum absolute atomic E-state index is 9.53. The van der Waals surface area contributed by atoms with Gasteiger partial charge in [0.2, 0.25) is 0 Å². The van der Waals surface area contributed by atoms with E-state index in [1.54, 1.807) is 11.3 Å². The quantitative estimate of drug-likeness (QED) is 0.716. The molecule has 0 radical (unpaired) electrons. The van der Waals surface area contributed by atoms with Crippen molar-refractivity contribution < 1.29 is 5.11 Å². The zero-order chi connectivity index (χ0) is 9.80. The summed E-state index contributed by atoms with van der Waals surface area (Å²) in [4.78, 5) is 4.18. The minimum atomic E-state index is -0.196. The van der Waals surface area contributed by atoms with E-state index < -0.39 is 0 Å². The smallest absolute Gasteiger partial charge is 0.0795 e. The lowest BCUT2D eigenvalue weighted by molar-refractivity contribution is 0.146. The molecule has 1 aromatic heterocycles. The summed E-state index contributed by atoms with van der Waals surface area (Å²) in [5.74, 6) is 0.341. The lowest BCUT2D eigenvalue weighted by atomic mass is 10.1. The second-order valence-electron chi connectivity index (χ2n) is 3.60. The Morgan fingerprint density at radius 3 is 3.07 bits per heavy atom. The fourth-order valence-electron chi connectivity index (χ4n) is 1.64. The minimum Gasteiger partial charge on any atom is -0.391 e. The molecule has 15 heavy (non-hydrogen) atoms. The first-order valence-electron chi connectivity index (χ1n) is 4.83. The van der Waals surface area contributed by atoms with Gasteiger partial charge in [-0.05, 0) is 0 Å². The maximum atomic E-state index is 9.53. The van der Waals surface area contributed by atoms with Crippen LogP contribution in [-0.4, -0.2) is 35.8 Å². The molecule has 0 saturated carbocycles. The van der Waals surface area contributed by atoms with E-state index in [2.05, 4.69) is 15.6 Å². The van der Waals surface area contributed by atoms with Gasteiger partial charge in [-0.15, -0.1) is 23.7 Å². The van der Waals surface area contributed by atoms with Crippen molar-refractivity contribution >= 4 is 23.7 Å². The van der Waals surface area contributed by atoms with Crippen LogP contribution < -0.4 is 10.6 Å². The molecule has 1 aliphatic heterocycles. The van der Waals surface area contributed by atoms with E-state index in [0.29, 0.717) is 5.92 Å². The fraction of sp³-hybridized carbons (Fsp3) is 0.667. The number of β-amino-alcohol motifs (C(OH)–C–C–N with tert-alkyl or cyclic N) is 1. The lowest BCUT2D eigenvalue weighted by Crippen LogP contribution is -2.30. The third kappa shape index (κ3) is 3.70. The van der Waals surface area contributed by atoms with Crippen LogP contribution in [0.5, 0.6) is 0 Å². The number of hydrogen-bond donors (Lipinski definition) is 3. The molecule has 1 aromatic rings. The van der Waals surface area contributed by atoms with Crippen molar-refractivity contribution in [3.63, 3.8) is 0 Å². The molecular weight excluding hydrogens is 234 g/mol. The molecule has 0 spiro atoms. The minimum absolute atomic E-state index is 0. The molecule has 86 valence electrons. The van der Waals surface area contributed by atoms with Crippen molar-refractivity contribution in [1.29, 1.82) is 0 Å². The van der Waals surface area contributed by atoms with Gasteiger partial charge in [-0.25, -0.2) is 4.98 Å². The van der Waals surface area contributed by atoms with E-state index >= 15 is 0 Å². The van der Waals surface area contributed by atoms with Gasteiger partial charge in [-0.3, -0.25) is 0 Å². The lowest BCUT2D eigenvalue weighted by Gasteiger charge is -2.13. The second-order valence-corrected chi connectivity index (χ2v) is 4.32. The third-order valence-electron chi connectivity index (χ3n) is 2.50. The molecule has 2 rings (SSSR count). The summed E-state index contributed by atoms with van der Waals surface area (Å²) in [6.07, 6.45) is -0.196. The highest BCUT2D eigenvalue weighted by atomic mass is 35.5. The van der Waals surface area contributed by atoms with Crippen LogP contribution in [0.2, 0.25) is 0 Å². The van der Waals surface area contributed by atoms with Crippen molar-refractivity contribution in [2.24, 2.45) is 5.92 Å². The van der Waals surface area contributed by atoms with Gasteiger partial charge < -0.3 is 15.7 Å². The van der Waals surface area contributed by atoms with Crippen LogP contribution in [0.15, 0.2) is 10.9 Å². The number of nitrogens with zero attached hydrogens (tertiary/aromatic N) is 1. The first kappa shape index (κ1) is 12.9. The highest BCUT2D eigenvalue weighted by molar-refractivity contribution is 7.07. The Kier molecular flexibility index (Phi) is 5.49. The van der Waals surface area contributed by atoms with Crippen LogP contribution in [-0.2, 0) is 6.54 Å². The molecule has 4 nitrogen and oxygen atoms in total. The summed E-state index contributed by atoms with van der Waals surface area (Å²) in [5.41, 5.74) is 2.92. The summed E-state index contributed by atoms with van der Waals surface area (Å²) < 4.78 is 0. The number of aliphatic hydroxyl groups is 1. The zero-order valence-corrected chi connectivity index (χ0v) is 9.98. The molecule has 6 heteroatoms. The average molecular weight is 250 g/mol. The van der Waals surface area contributed by atoms with Crippen LogP contribution >= 0.6 is 23.7 Å². The second kappa shape index (κ2) is 6.40. The predicted octanol–water partition coefficient (Wildman–Crippen LogP) is 0.235. The van der Waals surface area contributed by atoms with E-state index in [4.69, 9.17) is 0 Å². The van der Waals surface area contributed by atoms with E-state index in [-0.39, 0.29) is 18.5 Å². The van der Waals surface area contributed by atoms with Gasteiger partial charge in [0, 0.05) is 37.5 Å². The van der Waals surface area contributed by atoms with Crippen LogP contribution in [0.4, 0.5) is 0 Å². The van der Waals surface area contributed by atoms with Gasteiger partial charge >= 0.3 is 0 Å². The summed E-state index contributed by atoms with van der Waals surface area (Å²) in [7, 11) is 0. The van der Waals surface area contributed by atoms with Gasteiger partial charge in [0.05, 0.1) is 17.3 Å². The molecule has 2 heterocycles. The number of nitrogens with one attached hydrogen (secondary N) is 2. The Hall–Kier alpha value is -0.200. The molecule has 0 aromatic carbocycles. The molecular formula is C9H16ClN3OS. The molecule has 2 atom stereocenters. The largest absolute Gasteiger partial charge is 0.391 e. The summed E-state index contributed by atoms with van der Waals surface area (Å²) >= 11 is 1.61. The Morgan fingerprint density at radius 1 is 1.60 bits per heavy atom. The average Bonchev–Trinajstić information content (AvgIpc) is 2.78. The van der Waals surface area contributed by atoms with E-state index in [1.807, 2.05) is 10.9 Å². The molecule has 2 unspecified atom stereocenters. The molecule has 0 amide bonds.